The van der Waals surface area contributed by atoms with Crippen molar-refractivity contribution in [3.05, 3.63) is 59.8 Å². The summed E-state index contributed by atoms with van der Waals surface area (Å²) in [4.78, 5) is 17.5. The van der Waals surface area contributed by atoms with Crippen LogP contribution in [-0.2, 0) is 4.74 Å². The first-order chi connectivity index (χ1) is 15.5. The van der Waals surface area contributed by atoms with Crippen LogP contribution in [0.15, 0.2) is 42.7 Å². The van der Waals surface area contributed by atoms with Gasteiger partial charge in [-0.1, -0.05) is 0 Å². The van der Waals surface area contributed by atoms with Crippen LogP contribution >= 0.6 is 0 Å². The Kier molecular flexibility index (Phi) is 5.42. The number of fused-ring (bicyclic) bond motifs is 1. The van der Waals surface area contributed by atoms with Gasteiger partial charge in [-0.15, -0.1) is 0 Å². The molecule has 2 atom stereocenters. The maximum Gasteiger partial charge on any atom is 0.354 e. The maximum absolute atomic E-state index is 14.6. The molecule has 0 bridgehead atoms. The first-order valence-electron chi connectivity index (χ1n) is 10.6. The third-order valence-corrected chi connectivity index (χ3v) is 6.08. The highest BCUT2D eigenvalue weighted by molar-refractivity contribution is 5.86. The number of nitrogens with zero attached hydrogens (tertiary/aromatic N) is 3. The van der Waals surface area contributed by atoms with Gasteiger partial charge in [-0.2, -0.15) is 0 Å². The SMILES string of the molecule is O=C(O)c1cnc2ccc(N3C[C@@H](F)C[C@@H]3c3cc(F)ccc3OC3CCOCC3)cn12. The largest absolute Gasteiger partial charge is 0.490 e. The minimum atomic E-state index is -1.11. The predicted molar refractivity (Wildman–Crippen MR) is 113 cm³/mol. The third kappa shape index (κ3) is 3.88. The number of ether oxygens (including phenoxy) is 2. The van der Waals surface area contributed by atoms with E-state index < -0.39 is 24.0 Å². The summed E-state index contributed by atoms with van der Waals surface area (Å²) in [6, 6.07) is 7.37. The number of carboxylic acid groups (broad SMARTS) is 1. The van der Waals surface area contributed by atoms with Crippen LogP contribution in [0.3, 0.4) is 0 Å². The number of alkyl halides is 1. The number of aromatic nitrogens is 2. The van der Waals surface area contributed by atoms with Crippen LogP contribution in [0.25, 0.3) is 5.65 Å². The zero-order valence-electron chi connectivity index (χ0n) is 17.3. The highest BCUT2D eigenvalue weighted by atomic mass is 19.1. The molecule has 0 unspecified atom stereocenters. The summed E-state index contributed by atoms with van der Waals surface area (Å²) in [5.41, 5.74) is 1.71. The molecule has 2 aliphatic heterocycles. The average molecular weight is 443 g/mol. The van der Waals surface area contributed by atoms with Crippen molar-refractivity contribution in [1.29, 1.82) is 0 Å². The molecule has 4 heterocycles. The van der Waals surface area contributed by atoms with Gasteiger partial charge in [-0.05, 0) is 30.3 Å². The zero-order valence-corrected chi connectivity index (χ0v) is 17.3. The number of anilines is 1. The van der Waals surface area contributed by atoms with E-state index in [2.05, 4.69) is 4.98 Å². The van der Waals surface area contributed by atoms with Crippen molar-refractivity contribution in [2.24, 2.45) is 0 Å². The van der Waals surface area contributed by atoms with Gasteiger partial charge < -0.3 is 19.5 Å². The molecule has 5 rings (SSSR count). The molecule has 2 fully saturated rings. The second-order valence-corrected chi connectivity index (χ2v) is 8.18. The van der Waals surface area contributed by atoms with Crippen molar-refractivity contribution in [1.82, 2.24) is 9.38 Å². The standard InChI is InChI=1S/C23H23F2N3O4/c24-14-1-3-21(32-17-5-7-31-8-6-17)18(9-14)19-10-15(25)12-27(19)16-2-4-22-26-11-20(23(29)30)28(22)13-16/h1-4,9,11,13,15,17,19H,5-8,10,12H2,(H,29,30)/t15-,19+/m0/s1. The van der Waals surface area contributed by atoms with E-state index in [0.29, 0.717) is 35.9 Å². The second kappa shape index (κ2) is 8.38. The lowest BCUT2D eigenvalue weighted by Crippen LogP contribution is -2.28. The number of carbonyl (C=O) groups is 1. The Morgan fingerprint density at radius 3 is 2.81 bits per heavy atom. The summed E-state index contributed by atoms with van der Waals surface area (Å²) in [6.07, 6.45) is 3.43. The fourth-order valence-electron chi connectivity index (χ4n) is 4.52. The topological polar surface area (TPSA) is 76.3 Å². The molecule has 1 aromatic carbocycles. The minimum Gasteiger partial charge on any atom is -0.490 e. The lowest BCUT2D eigenvalue weighted by Gasteiger charge is -2.30. The Bertz CT molecular complexity index is 1150. The summed E-state index contributed by atoms with van der Waals surface area (Å²) < 4.78 is 41.9. The molecule has 0 saturated carbocycles. The zero-order chi connectivity index (χ0) is 22.2. The molecular formula is C23H23F2N3O4. The molecule has 2 aliphatic rings. The maximum atomic E-state index is 14.6. The molecule has 7 nitrogen and oxygen atoms in total. The molecule has 2 aromatic heterocycles. The Balaban J connectivity index is 1.52. The number of aromatic carboxylic acids is 1. The molecule has 2 saturated heterocycles. The third-order valence-electron chi connectivity index (χ3n) is 6.08. The summed E-state index contributed by atoms with van der Waals surface area (Å²) in [5.74, 6) is -0.981. The van der Waals surface area contributed by atoms with Crippen molar-refractivity contribution in [3.63, 3.8) is 0 Å². The van der Waals surface area contributed by atoms with Gasteiger partial charge >= 0.3 is 5.97 Å². The number of benzene rings is 1. The van der Waals surface area contributed by atoms with E-state index in [1.165, 1.54) is 22.7 Å². The Labute approximate surface area is 183 Å². The van der Waals surface area contributed by atoms with E-state index in [0.717, 1.165) is 12.8 Å². The average Bonchev–Trinajstić information content (AvgIpc) is 3.38. The van der Waals surface area contributed by atoms with Gasteiger partial charge in [0, 0.05) is 37.6 Å². The van der Waals surface area contributed by atoms with Gasteiger partial charge in [0.15, 0.2) is 5.69 Å². The normalized spacial score (nSPS) is 21.9. The minimum absolute atomic E-state index is 0.0173. The molecule has 0 spiro atoms. The van der Waals surface area contributed by atoms with Crippen LogP contribution in [0.2, 0.25) is 0 Å². The van der Waals surface area contributed by atoms with E-state index in [1.807, 2.05) is 4.90 Å². The van der Waals surface area contributed by atoms with E-state index in [-0.39, 0.29) is 24.8 Å². The Hall–Kier alpha value is -3.20. The monoisotopic (exact) mass is 443 g/mol. The predicted octanol–water partition coefficient (Wildman–Crippen LogP) is 4.02. The van der Waals surface area contributed by atoms with Crippen molar-refractivity contribution in [2.75, 3.05) is 24.7 Å². The van der Waals surface area contributed by atoms with Crippen LogP contribution in [-0.4, -0.2) is 52.5 Å². The highest BCUT2D eigenvalue weighted by Crippen LogP contribution is 2.42. The highest BCUT2D eigenvalue weighted by Gasteiger charge is 2.36. The van der Waals surface area contributed by atoms with E-state index in [4.69, 9.17) is 9.47 Å². The van der Waals surface area contributed by atoms with Crippen molar-refractivity contribution in [3.8, 4) is 5.75 Å². The Morgan fingerprint density at radius 2 is 2.03 bits per heavy atom. The number of hydrogen-bond acceptors (Lipinski definition) is 5. The van der Waals surface area contributed by atoms with Crippen molar-refractivity contribution in [2.45, 2.75) is 37.6 Å². The van der Waals surface area contributed by atoms with Gasteiger partial charge in [0.2, 0.25) is 0 Å². The number of carboxylic acids is 1. The first kappa shape index (κ1) is 20.7. The number of halogens is 2. The first-order valence-corrected chi connectivity index (χ1v) is 10.6. The lowest BCUT2D eigenvalue weighted by atomic mass is 10.0. The van der Waals surface area contributed by atoms with Crippen molar-refractivity contribution < 1.29 is 28.2 Å². The van der Waals surface area contributed by atoms with Gasteiger partial charge in [-0.3, -0.25) is 4.40 Å². The summed E-state index contributed by atoms with van der Waals surface area (Å²) in [5, 5.41) is 9.42. The quantitative estimate of drug-likeness (QED) is 0.642. The van der Waals surface area contributed by atoms with Crippen LogP contribution in [0, 0.1) is 5.82 Å². The van der Waals surface area contributed by atoms with Crippen molar-refractivity contribution >= 4 is 17.3 Å². The van der Waals surface area contributed by atoms with E-state index in [1.54, 1.807) is 24.4 Å². The van der Waals surface area contributed by atoms with Crippen LogP contribution in [0.4, 0.5) is 14.5 Å². The molecule has 3 aromatic rings. The lowest BCUT2D eigenvalue weighted by molar-refractivity contribution is 0.0250. The molecule has 32 heavy (non-hydrogen) atoms. The van der Waals surface area contributed by atoms with Gasteiger partial charge in [0.1, 0.15) is 29.5 Å². The summed E-state index contributed by atoms with van der Waals surface area (Å²) in [7, 11) is 0. The molecule has 1 N–H and O–H groups in total. The summed E-state index contributed by atoms with van der Waals surface area (Å²) >= 11 is 0. The van der Waals surface area contributed by atoms with Gasteiger partial charge in [0.05, 0.1) is 31.1 Å². The molecule has 168 valence electrons. The van der Waals surface area contributed by atoms with E-state index in [9.17, 15) is 18.7 Å². The van der Waals surface area contributed by atoms with Crippen LogP contribution in [0.1, 0.15) is 41.4 Å². The summed E-state index contributed by atoms with van der Waals surface area (Å²) in [6.45, 7) is 1.33. The molecule has 0 amide bonds. The molecule has 0 aliphatic carbocycles. The van der Waals surface area contributed by atoms with Crippen LogP contribution in [0.5, 0.6) is 5.75 Å². The van der Waals surface area contributed by atoms with Crippen LogP contribution < -0.4 is 9.64 Å². The Morgan fingerprint density at radius 1 is 1.22 bits per heavy atom. The molecule has 9 heteroatoms. The number of hydrogen-bond donors (Lipinski definition) is 1. The van der Waals surface area contributed by atoms with E-state index >= 15 is 0 Å². The number of imidazole rings is 1. The second-order valence-electron chi connectivity index (χ2n) is 8.18. The van der Waals surface area contributed by atoms with Gasteiger partial charge in [0.25, 0.3) is 0 Å². The van der Waals surface area contributed by atoms with Gasteiger partial charge in [-0.25, -0.2) is 18.6 Å². The fraction of sp³-hybridized carbons (Fsp3) is 0.391. The smallest absolute Gasteiger partial charge is 0.354 e. The molecule has 0 radical (unpaired) electrons. The molecular weight excluding hydrogens is 420 g/mol. The number of rotatable bonds is 5. The fourth-order valence-corrected chi connectivity index (χ4v) is 4.52. The number of pyridine rings is 1.